The zero-order valence-corrected chi connectivity index (χ0v) is 20.0. The molecule has 0 bridgehead atoms. The van der Waals surface area contributed by atoms with Gasteiger partial charge in [-0.3, -0.25) is 4.79 Å². The number of nitrogens with zero attached hydrogens (tertiary/aromatic N) is 2. The topological polar surface area (TPSA) is 69.7 Å². The molecule has 3 rings (SSSR count). The van der Waals surface area contributed by atoms with E-state index in [9.17, 15) is 13.2 Å². The van der Waals surface area contributed by atoms with Crippen LogP contribution in [0.2, 0.25) is 0 Å². The first-order chi connectivity index (χ1) is 14.4. The van der Waals surface area contributed by atoms with Crippen LogP contribution < -0.4 is 5.32 Å². The summed E-state index contributed by atoms with van der Waals surface area (Å²) in [6.45, 7) is 4.71. The van der Waals surface area contributed by atoms with Gasteiger partial charge in [-0.15, -0.1) is 11.3 Å². The lowest BCUT2D eigenvalue weighted by Gasteiger charge is -2.33. The van der Waals surface area contributed by atoms with E-state index in [1.165, 1.54) is 43.4 Å². The molecule has 2 aliphatic rings. The Morgan fingerprint density at radius 3 is 2.57 bits per heavy atom. The van der Waals surface area contributed by atoms with E-state index in [4.69, 9.17) is 0 Å². The lowest BCUT2D eigenvalue weighted by molar-refractivity contribution is -0.126. The van der Waals surface area contributed by atoms with Gasteiger partial charge in [0.05, 0.1) is 0 Å². The average Bonchev–Trinajstić information content (AvgIpc) is 3.32. The second-order valence-corrected chi connectivity index (χ2v) is 12.0. The highest BCUT2D eigenvalue weighted by Crippen LogP contribution is 2.30. The van der Waals surface area contributed by atoms with Crippen LogP contribution in [0, 0.1) is 11.8 Å². The Balaban J connectivity index is 1.36. The van der Waals surface area contributed by atoms with Crippen molar-refractivity contribution in [2.75, 3.05) is 33.2 Å². The van der Waals surface area contributed by atoms with E-state index in [1.807, 2.05) is 6.92 Å². The van der Waals surface area contributed by atoms with Gasteiger partial charge in [0.25, 0.3) is 10.0 Å². The van der Waals surface area contributed by atoms with Crippen LogP contribution in [0.4, 0.5) is 0 Å². The van der Waals surface area contributed by atoms with Gasteiger partial charge in [0.1, 0.15) is 4.21 Å². The number of hydrogen-bond acceptors (Lipinski definition) is 5. The minimum atomic E-state index is -3.38. The van der Waals surface area contributed by atoms with E-state index in [0.717, 1.165) is 25.8 Å². The summed E-state index contributed by atoms with van der Waals surface area (Å²) in [5.74, 6) is 0.271. The lowest BCUT2D eigenvalue weighted by Crippen LogP contribution is -2.43. The van der Waals surface area contributed by atoms with E-state index in [2.05, 4.69) is 17.3 Å². The molecule has 1 aliphatic heterocycles. The molecule has 1 saturated heterocycles. The minimum Gasteiger partial charge on any atom is -0.356 e. The lowest BCUT2D eigenvalue weighted by atomic mass is 9.85. The minimum absolute atomic E-state index is 0.0762. The Morgan fingerprint density at radius 1 is 1.23 bits per heavy atom. The maximum atomic E-state index is 12.7. The number of piperidine rings is 1. The van der Waals surface area contributed by atoms with Crippen molar-refractivity contribution >= 4 is 27.3 Å². The van der Waals surface area contributed by atoms with Gasteiger partial charge in [-0.2, -0.15) is 4.31 Å². The molecule has 1 aromatic rings. The van der Waals surface area contributed by atoms with E-state index in [-0.39, 0.29) is 17.7 Å². The molecule has 2 fully saturated rings. The van der Waals surface area contributed by atoms with Gasteiger partial charge in [0, 0.05) is 31.6 Å². The molecule has 1 N–H and O–H groups in total. The summed E-state index contributed by atoms with van der Waals surface area (Å²) in [6.07, 6.45) is 9.13. The Labute approximate surface area is 186 Å². The largest absolute Gasteiger partial charge is 0.356 e. The number of hydrogen-bond donors (Lipinski definition) is 1. The molecular formula is C22H37N3O3S2. The molecule has 1 aromatic heterocycles. The van der Waals surface area contributed by atoms with Crippen LogP contribution in [0.15, 0.2) is 21.7 Å². The molecule has 1 aliphatic carbocycles. The van der Waals surface area contributed by atoms with Gasteiger partial charge < -0.3 is 10.2 Å². The molecule has 1 amide bonds. The third kappa shape index (κ3) is 6.05. The SMILES string of the molecule is C[C@@H](C(=O)NCCCN(C)C1CCCCC1)C1CCN(S(=O)(=O)c2cccs2)CC1. The van der Waals surface area contributed by atoms with Crippen LogP contribution in [-0.4, -0.2) is 62.8 Å². The number of amides is 1. The van der Waals surface area contributed by atoms with E-state index in [1.54, 1.807) is 21.8 Å². The van der Waals surface area contributed by atoms with Gasteiger partial charge in [-0.1, -0.05) is 32.3 Å². The maximum absolute atomic E-state index is 12.7. The Bertz CT molecular complexity index is 753. The molecule has 30 heavy (non-hydrogen) atoms. The first-order valence-corrected chi connectivity index (χ1v) is 13.7. The molecule has 0 spiro atoms. The normalized spacial score (nSPS) is 21.0. The van der Waals surface area contributed by atoms with Crippen LogP contribution in [0.5, 0.6) is 0 Å². The molecule has 0 aromatic carbocycles. The van der Waals surface area contributed by atoms with Gasteiger partial charge in [0.15, 0.2) is 0 Å². The van der Waals surface area contributed by atoms with Gasteiger partial charge >= 0.3 is 0 Å². The van der Waals surface area contributed by atoms with Crippen molar-refractivity contribution in [3.8, 4) is 0 Å². The quantitative estimate of drug-likeness (QED) is 0.578. The van der Waals surface area contributed by atoms with E-state index < -0.39 is 10.0 Å². The van der Waals surface area contributed by atoms with Crippen molar-refractivity contribution in [2.24, 2.45) is 11.8 Å². The van der Waals surface area contributed by atoms with Crippen LogP contribution in [0.1, 0.15) is 58.3 Å². The molecule has 1 saturated carbocycles. The number of sulfonamides is 1. The summed E-state index contributed by atoms with van der Waals surface area (Å²) in [4.78, 5) is 15.1. The molecule has 1 atom stereocenters. The highest BCUT2D eigenvalue weighted by atomic mass is 32.2. The Morgan fingerprint density at radius 2 is 1.93 bits per heavy atom. The first kappa shape index (κ1) is 23.7. The van der Waals surface area contributed by atoms with Gasteiger partial charge in [0.2, 0.25) is 5.91 Å². The van der Waals surface area contributed by atoms with E-state index >= 15 is 0 Å². The predicted octanol–water partition coefficient (Wildman–Crippen LogP) is 3.56. The summed E-state index contributed by atoms with van der Waals surface area (Å²) in [7, 11) is -1.17. The van der Waals surface area contributed by atoms with Gasteiger partial charge in [-0.25, -0.2) is 8.42 Å². The zero-order valence-electron chi connectivity index (χ0n) is 18.4. The highest BCUT2D eigenvalue weighted by Gasteiger charge is 2.33. The van der Waals surface area contributed by atoms with Crippen molar-refractivity contribution in [2.45, 2.75) is 68.5 Å². The fourth-order valence-corrected chi connectivity index (χ4v) is 7.39. The molecular weight excluding hydrogens is 418 g/mol. The highest BCUT2D eigenvalue weighted by molar-refractivity contribution is 7.91. The summed E-state index contributed by atoms with van der Waals surface area (Å²) in [5.41, 5.74) is 0. The summed E-state index contributed by atoms with van der Waals surface area (Å²) < 4.78 is 27.3. The smallest absolute Gasteiger partial charge is 0.252 e. The molecule has 0 radical (unpaired) electrons. The van der Waals surface area contributed by atoms with Crippen molar-refractivity contribution < 1.29 is 13.2 Å². The zero-order chi connectivity index (χ0) is 21.6. The second-order valence-electron chi connectivity index (χ2n) is 8.88. The molecule has 6 nitrogen and oxygen atoms in total. The van der Waals surface area contributed by atoms with Crippen LogP contribution >= 0.6 is 11.3 Å². The molecule has 170 valence electrons. The number of carbonyl (C=O) groups is 1. The standard InChI is InChI=1S/C22H37N3O3S2/c1-18(22(26)23-13-7-14-24(2)20-8-4-3-5-9-20)19-11-15-25(16-12-19)30(27,28)21-10-6-17-29-21/h6,10,17-20H,3-5,7-9,11-16H2,1-2H3,(H,23,26)/t18-/m1/s1. The predicted molar refractivity (Wildman–Crippen MR) is 122 cm³/mol. The number of thiophene rings is 1. The Kier molecular flexibility index (Phi) is 8.74. The summed E-state index contributed by atoms with van der Waals surface area (Å²) in [5, 5.41) is 4.90. The van der Waals surface area contributed by atoms with Crippen molar-refractivity contribution in [1.29, 1.82) is 0 Å². The fourth-order valence-electron chi connectivity index (χ4n) is 4.77. The summed E-state index contributed by atoms with van der Waals surface area (Å²) >= 11 is 1.26. The van der Waals surface area contributed by atoms with Crippen LogP contribution in [0.25, 0.3) is 0 Å². The maximum Gasteiger partial charge on any atom is 0.252 e. The monoisotopic (exact) mass is 455 g/mol. The first-order valence-electron chi connectivity index (χ1n) is 11.4. The van der Waals surface area contributed by atoms with Crippen LogP contribution in [-0.2, 0) is 14.8 Å². The second kappa shape index (κ2) is 11.1. The molecule has 8 heteroatoms. The third-order valence-corrected chi connectivity index (χ3v) is 10.2. The molecule has 0 unspecified atom stereocenters. The van der Waals surface area contributed by atoms with Crippen LogP contribution in [0.3, 0.4) is 0 Å². The van der Waals surface area contributed by atoms with Crippen molar-refractivity contribution in [1.82, 2.24) is 14.5 Å². The summed E-state index contributed by atoms with van der Waals surface area (Å²) in [6, 6.07) is 4.14. The number of nitrogens with one attached hydrogen (secondary N) is 1. The fraction of sp³-hybridized carbons (Fsp3) is 0.773. The molecule has 2 heterocycles. The van der Waals surface area contributed by atoms with Crippen molar-refractivity contribution in [3.05, 3.63) is 17.5 Å². The third-order valence-electron chi connectivity index (χ3n) is 6.89. The number of carbonyl (C=O) groups excluding carboxylic acids is 1. The average molecular weight is 456 g/mol. The number of rotatable bonds is 9. The van der Waals surface area contributed by atoms with Crippen molar-refractivity contribution in [3.63, 3.8) is 0 Å². The Hall–Kier alpha value is -0.960. The van der Waals surface area contributed by atoms with E-state index in [0.29, 0.717) is 29.9 Å². The van der Waals surface area contributed by atoms with Gasteiger partial charge in [-0.05, 0) is 63.1 Å².